The summed E-state index contributed by atoms with van der Waals surface area (Å²) in [4.78, 5) is 38.2. The van der Waals surface area contributed by atoms with Gasteiger partial charge < -0.3 is 20.3 Å². The predicted molar refractivity (Wildman–Crippen MR) is 110 cm³/mol. The molecule has 3 amide bonds. The second-order valence-corrected chi connectivity index (χ2v) is 7.16. The van der Waals surface area contributed by atoms with E-state index in [2.05, 4.69) is 10.6 Å². The molecule has 1 fully saturated rings. The largest absolute Gasteiger partial charge is 0.497 e. The Kier molecular flexibility index (Phi) is 6.72. The molecular formula is C21H22ClN3O4. The van der Waals surface area contributed by atoms with Crippen LogP contribution in [0.4, 0.5) is 5.69 Å². The van der Waals surface area contributed by atoms with E-state index in [1.807, 2.05) is 24.3 Å². The van der Waals surface area contributed by atoms with Crippen LogP contribution < -0.4 is 20.3 Å². The number of rotatable bonds is 7. The Balaban J connectivity index is 1.45. The third kappa shape index (κ3) is 5.48. The Morgan fingerprint density at radius 1 is 1.17 bits per heavy atom. The van der Waals surface area contributed by atoms with Gasteiger partial charge in [0.15, 0.2) is 0 Å². The van der Waals surface area contributed by atoms with Crippen LogP contribution in [0.1, 0.15) is 12.0 Å². The van der Waals surface area contributed by atoms with Crippen molar-refractivity contribution in [3.05, 3.63) is 59.1 Å². The number of carbonyl (C=O) groups is 3. The minimum absolute atomic E-state index is 0.103. The number of benzene rings is 2. The quantitative estimate of drug-likeness (QED) is 0.725. The molecule has 0 bridgehead atoms. The molecule has 2 aromatic rings. The molecular weight excluding hydrogens is 394 g/mol. The van der Waals surface area contributed by atoms with Crippen molar-refractivity contribution in [3.8, 4) is 5.75 Å². The van der Waals surface area contributed by atoms with Crippen molar-refractivity contribution in [1.82, 2.24) is 10.6 Å². The summed E-state index contributed by atoms with van der Waals surface area (Å²) in [6, 6.07) is 14.3. The molecule has 152 valence electrons. The fourth-order valence-corrected chi connectivity index (χ4v) is 3.28. The number of hydrogen-bond donors (Lipinski definition) is 2. The molecule has 0 radical (unpaired) electrons. The molecule has 3 rings (SSSR count). The van der Waals surface area contributed by atoms with Gasteiger partial charge in [-0.3, -0.25) is 14.4 Å². The van der Waals surface area contributed by atoms with Gasteiger partial charge in [0.25, 0.3) is 0 Å². The first kappa shape index (κ1) is 20.7. The Morgan fingerprint density at radius 2 is 1.93 bits per heavy atom. The third-order valence-electron chi connectivity index (χ3n) is 4.69. The lowest BCUT2D eigenvalue weighted by Crippen LogP contribution is -2.40. The van der Waals surface area contributed by atoms with Gasteiger partial charge in [-0.05, 0) is 35.9 Å². The van der Waals surface area contributed by atoms with Crippen molar-refractivity contribution in [2.75, 3.05) is 25.1 Å². The van der Waals surface area contributed by atoms with E-state index in [0.717, 1.165) is 11.3 Å². The monoisotopic (exact) mass is 415 g/mol. The molecule has 0 saturated carbocycles. The highest BCUT2D eigenvalue weighted by atomic mass is 35.5. The highest BCUT2D eigenvalue weighted by molar-refractivity contribution is 6.31. The summed E-state index contributed by atoms with van der Waals surface area (Å²) < 4.78 is 5.09. The minimum Gasteiger partial charge on any atom is -0.497 e. The summed E-state index contributed by atoms with van der Waals surface area (Å²) in [5, 5.41) is 5.88. The van der Waals surface area contributed by atoms with Crippen LogP contribution >= 0.6 is 11.6 Å². The Morgan fingerprint density at radius 3 is 2.62 bits per heavy atom. The van der Waals surface area contributed by atoms with E-state index in [4.69, 9.17) is 16.3 Å². The van der Waals surface area contributed by atoms with Gasteiger partial charge in [-0.15, -0.1) is 0 Å². The molecule has 0 aliphatic carbocycles. The van der Waals surface area contributed by atoms with Gasteiger partial charge in [0.1, 0.15) is 5.75 Å². The Labute approximate surface area is 174 Å². The average Bonchev–Trinajstić information content (AvgIpc) is 3.12. The van der Waals surface area contributed by atoms with Gasteiger partial charge in [-0.25, -0.2) is 0 Å². The van der Waals surface area contributed by atoms with E-state index in [0.29, 0.717) is 17.3 Å². The summed E-state index contributed by atoms with van der Waals surface area (Å²) in [6.07, 6.45) is 0.103. The lowest BCUT2D eigenvalue weighted by Gasteiger charge is -2.17. The zero-order valence-electron chi connectivity index (χ0n) is 16.0. The van der Waals surface area contributed by atoms with Crippen molar-refractivity contribution in [2.24, 2.45) is 5.92 Å². The molecule has 1 aliphatic heterocycles. The van der Waals surface area contributed by atoms with Crippen LogP contribution in [0.15, 0.2) is 48.5 Å². The van der Waals surface area contributed by atoms with E-state index in [1.54, 1.807) is 36.3 Å². The summed E-state index contributed by atoms with van der Waals surface area (Å²) in [5.41, 5.74) is 1.58. The van der Waals surface area contributed by atoms with E-state index in [9.17, 15) is 14.4 Å². The summed E-state index contributed by atoms with van der Waals surface area (Å²) >= 11 is 5.98. The SMILES string of the molecule is COc1ccc(CNC(=O)CNC(=O)C2CC(=O)N(c3cccc(Cl)c3)C2)cc1. The molecule has 7 nitrogen and oxygen atoms in total. The van der Waals surface area contributed by atoms with E-state index >= 15 is 0 Å². The molecule has 0 aromatic heterocycles. The molecule has 1 unspecified atom stereocenters. The minimum atomic E-state index is -0.504. The maximum atomic E-state index is 12.4. The summed E-state index contributed by atoms with van der Waals surface area (Å²) in [6.45, 7) is 0.471. The topological polar surface area (TPSA) is 87.7 Å². The van der Waals surface area contributed by atoms with E-state index < -0.39 is 5.92 Å². The van der Waals surface area contributed by atoms with Gasteiger partial charge in [0.05, 0.1) is 19.6 Å². The summed E-state index contributed by atoms with van der Waals surface area (Å²) in [7, 11) is 1.59. The van der Waals surface area contributed by atoms with Crippen molar-refractivity contribution >= 4 is 35.0 Å². The number of methoxy groups -OCH3 is 1. The molecule has 0 spiro atoms. The summed E-state index contributed by atoms with van der Waals surface area (Å²) in [5.74, 6) is -0.523. The predicted octanol–water partition coefficient (Wildman–Crippen LogP) is 2.13. The average molecular weight is 416 g/mol. The maximum Gasteiger partial charge on any atom is 0.239 e. The van der Waals surface area contributed by atoms with Crippen LogP contribution in [-0.2, 0) is 20.9 Å². The number of halogens is 1. The number of nitrogens with one attached hydrogen (secondary N) is 2. The van der Waals surface area contributed by atoms with Crippen LogP contribution in [0.2, 0.25) is 5.02 Å². The molecule has 1 aliphatic rings. The second kappa shape index (κ2) is 9.43. The molecule has 2 aromatic carbocycles. The number of ether oxygens (including phenoxy) is 1. The Hall–Kier alpha value is -3.06. The first-order valence-electron chi connectivity index (χ1n) is 9.19. The zero-order chi connectivity index (χ0) is 20.8. The number of anilines is 1. The lowest BCUT2D eigenvalue weighted by atomic mass is 10.1. The van der Waals surface area contributed by atoms with Gasteiger partial charge in [-0.1, -0.05) is 29.8 Å². The van der Waals surface area contributed by atoms with Gasteiger partial charge >= 0.3 is 0 Å². The van der Waals surface area contributed by atoms with Gasteiger partial charge in [-0.2, -0.15) is 0 Å². The molecule has 29 heavy (non-hydrogen) atoms. The molecule has 8 heteroatoms. The number of amides is 3. The fraction of sp³-hybridized carbons (Fsp3) is 0.286. The highest BCUT2D eigenvalue weighted by Crippen LogP contribution is 2.27. The number of carbonyl (C=O) groups excluding carboxylic acids is 3. The molecule has 1 atom stereocenters. The normalized spacial score (nSPS) is 15.9. The maximum absolute atomic E-state index is 12.4. The van der Waals surface area contributed by atoms with Crippen LogP contribution in [0.25, 0.3) is 0 Å². The lowest BCUT2D eigenvalue weighted by molar-refractivity contribution is -0.129. The third-order valence-corrected chi connectivity index (χ3v) is 4.92. The first-order valence-corrected chi connectivity index (χ1v) is 9.57. The van der Waals surface area contributed by atoms with E-state index in [1.165, 1.54) is 0 Å². The number of hydrogen-bond acceptors (Lipinski definition) is 4. The van der Waals surface area contributed by atoms with Crippen LogP contribution in [0.5, 0.6) is 5.75 Å². The van der Waals surface area contributed by atoms with Crippen molar-refractivity contribution in [2.45, 2.75) is 13.0 Å². The van der Waals surface area contributed by atoms with Crippen molar-refractivity contribution in [3.63, 3.8) is 0 Å². The number of nitrogens with zero attached hydrogens (tertiary/aromatic N) is 1. The highest BCUT2D eigenvalue weighted by Gasteiger charge is 2.35. The molecule has 1 saturated heterocycles. The van der Waals surface area contributed by atoms with Crippen LogP contribution in [0, 0.1) is 5.92 Å². The first-order chi connectivity index (χ1) is 14.0. The molecule has 1 heterocycles. The molecule has 2 N–H and O–H groups in total. The van der Waals surface area contributed by atoms with E-state index in [-0.39, 0.29) is 37.2 Å². The zero-order valence-corrected chi connectivity index (χ0v) is 16.7. The van der Waals surface area contributed by atoms with Crippen LogP contribution in [0.3, 0.4) is 0 Å². The van der Waals surface area contributed by atoms with Crippen molar-refractivity contribution in [1.29, 1.82) is 0 Å². The Bertz CT molecular complexity index is 901. The van der Waals surface area contributed by atoms with Crippen molar-refractivity contribution < 1.29 is 19.1 Å². The van der Waals surface area contributed by atoms with Gasteiger partial charge in [0.2, 0.25) is 17.7 Å². The standard InChI is InChI=1S/C21H22ClN3O4/c1-29-18-7-5-14(6-8-18)11-23-19(26)12-24-21(28)15-9-20(27)25(13-15)17-4-2-3-16(22)10-17/h2-8,10,15H,9,11-13H2,1H3,(H,23,26)(H,24,28). The fourth-order valence-electron chi connectivity index (χ4n) is 3.10. The van der Waals surface area contributed by atoms with Crippen LogP contribution in [-0.4, -0.2) is 37.9 Å². The van der Waals surface area contributed by atoms with Gasteiger partial charge in [0, 0.05) is 30.2 Å². The second-order valence-electron chi connectivity index (χ2n) is 6.73. The smallest absolute Gasteiger partial charge is 0.239 e.